The fraction of sp³-hybridized carbons (Fsp3) is 0.500. The fourth-order valence-electron chi connectivity index (χ4n) is 3.37. The minimum Gasteiger partial charge on any atom is -0.469 e. The summed E-state index contributed by atoms with van der Waals surface area (Å²) in [5, 5.41) is 14.0. The minimum absolute atomic E-state index is 0.175. The van der Waals surface area contributed by atoms with Crippen molar-refractivity contribution in [3.8, 4) is 0 Å². The van der Waals surface area contributed by atoms with Crippen LogP contribution in [0.1, 0.15) is 24.2 Å². The van der Waals surface area contributed by atoms with E-state index < -0.39 is 0 Å². The molecule has 4 nitrogen and oxygen atoms in total. The number of rotatable bonds is 7. The first-order chi connectivity index (χ1) is 12.2. The van der Waals surface area contributed by atoms with Crippen LogP contribution in [-0.2, 0) is 6.42 Å². The van der Waals surface area contributed by atoms with Crippen molar-refractivity contribution < 1.29 is 9.52 Å². The molecule has 1 atom stereocenters. The van der Waals surface area contributed by atoms with Gasteiger partial charge < -0.3 is 19.7 Å². The van der Waals surface area contributed by atoms with Crippen LogP contribution in [0.25, 0.3) is 0 Å². The van der Waals surface area contributed by atoms with E-state index in [9.17, 15) is 5.11 Å². The summed E-state index contributed by atoms with van der Waals surface area (Å²) >= 11 is 6.25. The second-order valence-corrected chi connectivity index (χ2v) is 7.34. The molecule has 1 aliphatic rings. The van der Waals surface area contributed by atoms with Crippen LogP contribution in [0, 0.1) is 12.8 Å². The number of anilines is 1. The van der Waals surface area contributed by atoms with E-state index in [1.807, 2.05) is 19.1 Å². The molecule has 1 aliphatic heterocycles. The summed E-state index contributed by atoms with van der Waals surface area (Å²) < 4.78 is 5.38. The zero-order chi connectivity index (χ0) is 17.6. The van der Waals surface area contributed by atoms with Crippen molar-refractivity contribution in [1.82, 2.24) is 5.32 Å². The molecule has 1 fully saturated rings. The Morgan fingerprint density at radius 3 is 2.76 bits per heavy atom. The van der Waals surface area contributed by atoms with E-state index in [2.05, 4.69) is 28.4 Å². The molecule has 0 radical (unpaired) electrons. The third kappa shape index (κ3) is 5.00. The lowest BCUT2D eigenvalue weighted by Gasteiger charge is -2.34. The lowest BCUT2D eigenvalue weighted by molar-refractivity contribution is 0.209. The molecule has 136 valence electrons. The second kappa shape index (κ2) is 8.75. The molecule has 1 aromatic carbocycles. The first-order valence-corrected chi connectivity index (χ1v) is 9.41. The highest BCUT2D eigenvalue weighted by Crippen LogP contribution is 2.25. The van der Waals surface area contributed by atoms with E-state index in [4.69, 9.17) is 16.0 Å². The summed E-state index contributed by atoms with van der Waals surface area (Å²) in [7, 11) is 0. The second-order valence-electron chi connectivity index (χ2n) is 6.94. The van der Waals surface area contributed by atoms with Crippen molar-refractivity contribution >= 4 is 17.3 Å². The Hall–Kier alpha value is -1.49. The maximum atomic E-state index is 9.59. The van der Waals surface area contributed by atoms with E-state index in [0.29, 0.717) is 6.04 Å². The van der Waals surface area contributed by atoms with Gasteiger partial charge in [-0.05, 0) is 49.6 Å². The zero-order valence-corrected chi connectivity index (χ0v) is 15.5. The average Bonchev–Trinajstić information content (AvgIpc) is 3.14. The van der Waals surface area contributed by atoms with Crippen molar-refractivity contribution in [3.63, 3.8) is 0 Å². The first kappa shape index (κ1) is 18.3. The molecule has 0 amide bonds. The molecule has 2 heterocycles. The van der Waals surface area contributed by atoms with Gasteiger partial charge in [-0.3, -0.25) is 0 Å². The van der Waals surface area contributed by atoms with Gasteiger partial charge in [0, 0.05) is 55.3 Å². The summed E-state index contributed by atoms with van der Waals surface area (Å²) in [4.78, 5) is 2.40. The summed E-state index contributed by atoms with van der Waals surface area (Å²) in [5.41, 5.74) is 2.33. The molecule has 0 bridgehead atoms. The Kier molecular flexibility index (Phi) is 6.40. The molecule has 2 N–H and O–H groups in total. The molecule has 25 heavy (non-hydrogen) atoms. The van der Waals surface area contributed by atoms with Crippen LogP contribution in [0.2, 0.25) is 5.02 Å². The molecular formula is C20H27ClN2O2. The third-order valence-corrected chi connectivity index (χ3v) is 5.45. The number of aliphatic hydroxyl groups is 1. The number of nitrogens with zero attached hydrogens (tertiary/aromatic N) is 1. The number of hydrogen-bond acceptors (Lipinski definition) is 4. The Balaban J connectivity index is 1.44. The normalized spacial score (nSPS) is 17.0. The van der Waals surface area contributed by atoms with Gasteiger partial charge in [0.1, 0.15) is 5.76 Å². The lowest BCUT2D eigenvalue weighted by atomic mass is 10.0. The molecule has 3 rings (SSSR count). The van der Waals surface area contributed by atoms with Crippen LogP contribution in [0.5, 0.6) is 0 Å². The van der Waals surface area contributed by atoms with Crippen LogP contribution in [0.15, 0.2) is 41.0 Å². The number of piperidine rings is 1. The number of aryl methyl sites for hydroxylation is 1. The predicted octanol–water partition coefficient (Wildman–Crippen LogP) is 3.65. The lowest BCUT2D eigenvalue weighted by Crippen LogP contribution is -2.44. The highest BCUT2D eigenvalue weighted by Gasteiger charge is 2.21. The topological polar surface area (TPSA) is 48.6 Å². The average molecular weight is 363 g/mol. The number of furan rings is 1. The Morgan fingerprint density at radius 2 is 2.12 bits per heavy atom. The molecular weight excluding hydrogens is 336 g/mol. The Labute approximate surface area is 154 Å². The molecule has 0 spiro atoms. The van der Waals surface area contributed by atoms with E-state index in [0.717, 1.165) is 55.2 Å². The van der Waals surface area contributed by atoms with Crippen molar-refractivity contribution in [2.45, 2.75) is 32.2 Å². The van der Waals surface area contributed by atoms with Crippen molar-refractivity contribution in [1.29, 1.82) is 0 Å². The third-order valence-electron chi connectivity index (χ3n) is 5.04. The van der Waals surface area contributed by atoms with E-state index in [1.165, 1.54) is 5.69 Å². The van der Waals surface area contributed by atoms with Crippen LogP contribution < -0.4 is 10.2 Å². The van der Waals surface area contributed by atoms with Gasteiger partial charge in [-0.1, -0.05) is 17.7 Å². The highest BCUT2D eigenvalue weighted by molar-refractivity contribution is 6.31. The largest absolute Gasteiger partial charge is 0.469 e. The quantitative estimate of drug-likeness (QED) is 0.789. The Morgan fingerprint density at radius 1 is 1.32 bits per heavy atom. The van der Waals surface area contributed by atoms with Gasteiger partial charge in [-0.25, -0.2) is 0 Å². The summed E-state index contributed by atoms with van der Waals surface area (Å²) in [6, 6.07) is 10.7. The van der Waals surface area contributed by atoms with Gasteiger partial charge in [0.05, 0.1) is 6.26 Å². The van der Waals surface area contributed by atoms with Gasteiger partial charge in [-0.2, -0.15) is 0 Å². The number of nitrogens with one attached hydrogen (secondary N) is 1. The van der Waals surface area contributed by atoms with Crippen molar-refractivity contribution in [2.24, 2.45) is 5.92 Å². The standard InChI is InChI=1S/C20H27ClN2O2/c1-15-4-5-18(12-20(15)21)23-8-6-17(7-9-23)22-13-16(14-24)11-19-3-2-10-25-19/h2-5,10,12,16-17,22,24H,6-9,11,13-14H2,1H3. The summed E-state index contributed by atoms with van der Waals surface area (Å²) in [6.07, 6.45) is 4.66. The monoisotopic (exact) mass is 362 g/mol. The Bertz CT molecular complexity index is 652. The molecule has 1 saturated heterocycles. The molecule has 2 aromatic rings. The molecule has 1 aromatic heterocycles. The van der Waals surface area contributed by atoms with Crippen molar-refractivity contribution in [2.75, 3.05) is 31.1 Å². The molecule has 5 heteroatoms. The highest BCUT2D eigenvalue weighted by atomic mass is 35.5. The summed E-state index contributed by atoms with van der Waals surface area (Å²) in [5.74, 6) is 1.13. The van der Waals surface area contributed by atoms with E-state index in [-0.39, 0.29) is 12.5 Å². The fourth-order valence-corrected chi connectivity index (χ4v) is 3.54. The van der Waals surface area contributed by atoms with Gasteiger partial charge in [0.15, 0.2) is 0 Å². The summed E-state index contributed by atoms with van der Waals surface area (Å²) in [6.45, 7) is 5.08. The van der Waals surface area contributed by atoms with E-state index >= 15 is 0 Å². The van der Waals surface area contributed by atoms with E-state index in [1.54, 1.807) is 6.26 Å². The SMILES string of the molecule is Cc1ccc(N2CCC(NCC(CO)Cc3ccco3)CC2)cc1Cl. The first-order valence-electron chi connectivity index (χ1n) is 9.03. The van der Waals surface area contributed by atoms with Crippen LogP contribution in [0.3, 0.4) is 0 Å². The zero-order valence-electron chi connectivity index (χ0n) is 14.7. The van der Waals surface area contributed by atoms with Gasteiger partial charge in [0.2, 0.25) is 0 Å². The maximum Gasteiger partial charge on any atom is 0.104 e. The number of benzene rings is 1. The number of hydrogen-bond donors (Lipinski definition) is 2. The predicted molar refractivity (Wildman–Crippen MR) is 102 cm³/mol. The van der Waals surface area contributed by atoms with Gasteiger partial charge in [0.25, 0.3) is 0 Å². The molecule has 0 saturated carbocycles. The van der Waals surface area contributed by atoms with Crippen LogP contribution >= 0.6 is 11.6 Å². The smallest absolute Gasteiger partial charge is 0.104 e. The van der Waals surface area contributed by atoms with Gasteiger partial charge >= 0.3 is 0 Å². The number of aliphatic hydroxyl groups excluding tert-OH is 1. The minimum atomic E-state index is 0.175. The maximum absolute atomic E-state index is 9.59. The molecule has 0 aliphatic carbocycles. The molecule has 1 unspecified atom stereocenters. The van der Waals surface area contributed by atoms with Crippen molar-refractivity contribution in [3.05, 3.63) is 52.9 Å². The number of halogens is 1. The van der Waals surface area contributed by atoms with Crippen LogP contribution in [-0.4, -0.2) is 37.4 Å². The van der Waals surface area contributed by atoms with Crippen LogP contribution in [0.4, 0.5) is 5.69 Å². The van der Waals surface area contributed by atoms with Gasteiger partial charge in [-0.15, -0.1) is 0 Å².